The number of benzene rings is 1. The van der Waals surface area contributed by atoms with Gasteiger partial charge in [-0.15, -0.1) is 0 Å². The van der Waals surface area contributed by atoms with E-state index in [9.17, 15) is 4.79 Å². The molecule has 0 atom stereocenters. The fraction of sp³-hybridized carbons (Fsp3) is 0.400. The Morgan fingerprint density at radius 1 is 1.29 bits per heavy atom. The molecule has 0 unspecified atom stereocenters. The predicted octanol–water partition coefficient (Wildman–Crippen LogP) is 3.04. The van der Waals surface area contributed by atoms with Gasteiger partial charge in [0.15, 0.2) is 0 Å². The lowest BCUT2D eigenvalue weighted by molar-refractivity contribution is -0.126. The number of nitrogens with zero attached hydrogens (tertiary/aromatic N) is 1. The van der Waals surface area contributed by atoms with E-state index in [2.05, 4.69) is 25.6 Å². The molecule has 1 rings (SSSR count). The van der Waals surface area contributed by atoms with Crippen molar-refractivity contribution in [1.82, 2.24) is 4.90 Å². The van der Waals surface area contributed by atoms with Crippen molar-refractivity contribution < 1.29 is 4.79 Å². The molecule has 1 aromatic rings. The zero-order valence-electron chi connectivity index (χ0n) is 10.6. The van der Waals surface area contributed by atoms with Crippen LogP contribution in [-0.2, 0) is 11.2 Å². The summed E-state index contributed by atoms with van der Waals surface area (Å²) in [5, 5.41) is 0. The van der Waals surface area contributed by atoms with Crippen molar-refractivity contribution in [1.29, 1.82) is 0 Å². The molecule has 1 amide bonds. The highest BCUT2D eigenvalue weighted by Gasteiger charge is 2.07. The third kappa shape index (κ3) is 4.85. The van der Waals surface area contributed by atoms with Crippen LogP contribution in [0.15, 0.2) is 43.0 Å². The first-order chi connectivity index (χ1) is 8.27. The van der Waals surface area contributed by atoms with Crippen LogP contribution in [-0.4, -0.2) is 23.9 Å². The van der Waals surface area contributed by atoms with Crippen LogP contribution in [0.2, 0.25) is 0 Å². The molecule has 0 bridgehead atoms. The Hall–Kier alpha value is -1.57. The normalized spacial score (nSPS) is 9.94. The van der Waals surface area contributed by atoms with Crippen LogP contribution in [0.3, 0.4) is 0 Å². The monoisotopic (exact) mass is 231 g/mol. The Labute approximate surface area is 104 Å². The zero-order valence-corrected chi connectivity index (χ0v) is 10.6. The quantitative estimate of drug-likeness (QED) is 0.660. The van der Waals surface area contributed by atoms with Crippen molar-refractivity contribution in [3.8, 4) is 0 Å². The molecule has 2 heteroatoms. The Bertz CT molecular complexity index is 345. The molecule has 1 aromatic carbocycles. The molecule has 0 spiro atoms. The lowest BCUT2D eigenvalue weighted by atomic mass is 10.1. The van der Waals surface area contributed by atoms with E-state index in [0.29, 0.717) is 0 Å². The molecule has 0 aliphatic carbocycles. The van der Waals surface area contributed by atoms with E-state index in [4.69, 9.17) is 0 Å². The number of hydrogen-bond donors (Lipinski definition) is 0. The zero-order chi connectivity index (χ0) is 12.5. The first-order valence-corrected chi connectivity index (χ1v) is 6.23. The maximum atomic E-state index is 11.6. The van der Waals surface area contributed by atoms with Gasteiger partial charge >= 0.3 is 0 Å². The fourth-order valence-corrected chi connectivity index (χ4v) is 1.85. The smallest absolute Gasteiger partial charge is 0.245 e. The Morgan fingerprint density at radius 2 is 2.00 bits per heavy atom. The van der Waals surface area contributed by atoms with Gasteiger partial charge in [0.2, 0.25) is 5.91 Å². The molecule has 0 saturated heterocycles. The second-order valence-electron chi connectivity index (χ2n) is 4.12. The van der Waals surface area contributed by atoms with Gasteiger partial charge in [-0.05, 0) is 30.9 Å². The summed E-state index contributed by atoms with van der Waals surface area (Å²) in [6.45, 7) is 7.25. The molecule has 2 nitrogen and oxygen atoms in total. The van der Waals surface area contributed by atoms with Crippen molar-refractivity contribution in [2.24, 2.45) is 0 Å². The summed E-state index contributed by atoms with van der Waals surface area (Å²) in [4.78, 5) is 13.4. The summed E-state index contributed by atoms with van der Waals surface area (Å²) in [5.74, 6) is 0.0416. The number of aryl methyl sites for hydroxylation is 1. The van der Waals surface area contributed by atoms with E-state index in [0.717, 1.165) is 32.4 Å². The van der Waals surface area contributed by atoms with Crippen molar-refractivity contribution in [2.75, 3.05) is 13.1 Å². The molecule has 0 aliphatic rings. The summed E-state index contributed by atoms with van der Waals surface area (Å²) in [5.41, 5.74) is 1.33. The van der Waals surface area contributed by atoms with Crippen LogP contribution in [0.25, 0.3) is 0 Å². The second kappa shape index (κ2) is 7.66. The number of hydrogen-bond acceptors (Lipinski definition) is 1. The molecular formula is C15H21NO. The first-order valence-electron chi connectivity index (χ1n) is 6.23. The minimum atomic E-state index is 0.0416. The van der Waals surface area contributed by atoms with Gasteiger partial charge in [0.05, 0.1) is 0 Å². The summed E-state index contributed by atoms with van der Waals surface area (Å²) < 4.78 is 0. The van der Waals surface area contributed by atoms with Gasteiger partial charge in [-0.1, -0.05) is 43.8 Å². The molecule has 0 heterocycles. The Balaban J connectivity index is 2.37. The summed E-state index contributed by atoms with van der Waals surface area (Å²) in [7, 11) is 0. The van der Waals surface area contributed by atoms with Gasteiger partial charge in [0, 0.05) is 13.1 Å². The topological polar surface area (TPSA) is 20.3 Å². The SMILES string of the molecule is C=CC(=O)N(CCC)CCCc1ccccc1. The summed E-state index contributed by atoms with van der Waals surface area (Å²) in [6, 6.07) is 10.4. The maximum Gasteiger partial charge on any atom is 0.245 e. The molecule has 0 aromatic heterocycles. The third-order valence-corrected chi connectivity index (χ3v) is 2.72. The predicted molar refractivity (Wildman–Crippen MR) is 71.8 cm³/mol. The Morgan fingerprint density at radius 3 is 2.59 bits per heavy atom. The van der Waals surface area contributed by atoms with Gasteiger partial charge in [-0.25, -0.2) is 0 Å². The average molecular weight is 231 g/mol. The van der Waals surface area contributed by atoms with E-state index in [1.165, 1.54) is 11.6 Å². The standard InChI is InChI=1S/C15H21NO/c1-3-12-16(15(17)4-2)13-8-11-14-9-6-5-7-10-14/h4-7,9-10H,2-3,8,11-13H2,1H3. The molecule has 92 valence electrons. The van der Waals surface area contributed by atoms with Crippen LogP contribution in [0.4, 0.5) is 0 Å². The van der Waals surface area contributed by atoms with Gasteiger partial charge in [-0.3, -0.25) is 4.79 Å². The van der Waals surface area contributed by atoms with Crippen molar-refractivity contribution in [3.05, 3.63) is 48.6 Å². The van der Waals surface area contributed by atoms with E-state index in [1.54, 1.807) is 0 Å². The highest BCUT2D eigenvalue weighted by atomic mass is 16.2. The minimum absolute atomic E-state index is 0.0416. The van der Waals surface area contributed by atoms with E-state index in [-0.39, 0.29) is 5.91 Å². The van der Waals surface area contributed by atoms with E-state index < -0.39 is 0 Å². The minimum Gasteiger partial charge on any atom is -0.339 e. The second-order valence-corrected chi connectivity index (χ2v) is 4.12. The molecule has 0 N–H and O–H groups in total. The van der Waals surface area contributed by atoms with Crippen molar-refractivity contribution in [3.63, 3.8) is 0 Å². The molecule has 0 aliphatic heterocycles. The van der Waals surface area contributed by atoms with Crippen molar-refractivity contribution >= 4 is 5.91 Å². The van der Waals surface area contributed by atoms with Gasteiger partial charge in [0.25, 0.3) is 0 Å². The van der Waals surface area contributed by atoms with Gasteiger partial charge in [0.1, 0.15) is 0 Å². The number of carbonyl (C=O) groups is 1. The van der Waals surface area contributed by atoms with Crippen LogP contribution >= 0.6 is 0 Å². The highest BCUT2D eigenvalue weighted by Crippen LogP contribution is 2.04. The highest BCUT2D eigenvalue weighted by molar-refractivity contribution is 5.86. The van der Waals surface area contributed by atoms with E-state index in [1.807, 2.05) is 23.1 Å². The molecule has 17 heavy (non-hydrogen) atoms. The molecule has 0 saturated carbocycles. The number of carbonyl (C=O) groups excluding carboxylic acids is 1. The van der Waals surface area contributed by atoms with Crippen molar-refractivity contribution in [2.45, 2.75) is 26.2 Å². The largest absolute Gasteiger partial charge is 0.339 e. The summed E-state index contributed by atoms with van der Waals surface area (Å²) in [6.07, 6.45) is 4.41. The third-order valence-electron chi connectivity index (χ3n) is 2.72. The number of rotatable bonds is 7. The van der Waals surface area contributed by atoms with Crippen LogP contribution in [0.5, 0.6) is 0 Å². The fourth-order valence-electron chi connectivity index (χ4n) is 1.85. The maximum absolute atomic E-state index is 11.6. The lowest BCUT2D eigenvalue weighted by Gasteiger charge is -2.20. The van der Waals surface area contributed by atoms with E-state index >= 15 is 0 Å². The molecular weight excluding hydrogens is 210 g/mol. The molecule has 0 radical (unpaired) electrons. The van der Waals surface area contributed by atoms with Crippen LogP contribution < -0.4 is 0 Å². The lowest BCUT2D eigenvalue weighted by Crippen LogP contribution is -2.31. The average Bonchev–Trinajstić information content (AvgIpc) is 2.38. The van der Waals surface area contributed by atoms with Crippen LogP contribution in [0.1, 0.15) is 25.3 Å². The van der Waals surface area contributed by atoms with Gasteiger partial charge < -0.3 is 4.90 Å². The summed E-state index contributed by atoms with van der Waals surface area (Å²) >= 11 is 0. The Kier molecular flexibility index (Phi) is 6.08. The van der Waals surface area contributed by atoms with Crippen LogP contribution in [0, 0.1) is 0 Å². The van der Waals surface area contributed by atoms with Gasteiger partial charge in [-0.2, -0.15) is 0 Å². The first kappa shape index (κ1) is 13.5. The molecule has 0 fully saturated rings. The number of amides is 1.